The van der Waals surface area contributed by atoms with E-state index in [1.807, 2.05) is 36.3 Å². The summed E-state index contributed by atoms with van der Waals surface area (Å²) in [4.78, 5) is 17.2. The van der Waals surface area contributed by atoms with Gasteiger partial charge < -0.3 is 14.6 Å². The average molecular weight is 260 g/mol. The number of benzene rings is 1. The van der Waals surface area contributed by atoms with Crippen LogP contribution in [0.5, 0.6) is 5.75 Å². The fourth-order valence-electron chi connectivity index (χ4n) is 2.38. The van der Waals surface area contributed by atoms with Crippen LogP contribution in [0.25, 0.3) is 10.9 Å². The molecule has 1 amide bonds. The number of aromatic amines is 1. The Balaban J connectivity index is 0.00000147. The normalized spacial score (nSPS) is 14.6. The van der Waals surface area contributed by atoms with Crippen LogP contribution in [-0.2, 0) is 11.2 Å². The summed E-state index contributed by atoms with van der Waals surface area (Å²) in [6.45, 7) is 0. The van der Waals surface area contributed by atoms with Gasteiger partial charge in [-0.25, -0.2) is 0 Å². The Morgan fingerprint density at radius 2 is 2.32 bits per heavy atom. The summed E-state index contributed by atoms with van der Waals surface area (Å²) in [5.74, 6) is 1.00. The SMILES string of the molecule is COc1ccc2[nH]cc(CC(=O)N(C)C3CC3)c2c1.[HH]. The van der Waals surface area contributed by atoms with Crippen LogP contribution in [0.1, 0.15) is 19.8 Å². The van der Waals surface area contributed by atoms with Gasteiger partial charge in [0.25, 0.3) is 0 Å². The van der Waals surface area contributed by atoms with E-state index in [0.717, 1.165) is 35.1 Å². The highest BCUT2D eigenvalue weighted by molar-refractivity contribution is 5.89. The second-order valence-electron chi connectivity index (χ2n) is 5.14. The number of H-pyrrole nitrogens is 1. The maximum atomic E-state index is 12.2. The van der Waals surface area contributed by atoms with E-state index in [2.05, 4.69) is 4.98 Å². The molecule has 1 aliphatic rings. The first-order chi connectivity index (χ1) is 9.19. The minimum Gasteiger partial charge on any atom is -0.497 e. The van der Waals surface area contributed by atoms with Crippen molar-refractivity contribution in [2.24, 2.45) is 0 Å². The molecule has 4 heteroatoms. The Hall–Kier alpha value is -1.97. The molecule has 0 saturated heterocycles. The lowest BCUT2D eigenvalue weighted by molar-refractivity contribution is -0.129. The molecular formula is C15H20N2O2. The molecule has 1 saturated carbocycles. The summed E-state index contributed by atoms with van der Waals surface area (Å²) in [7, 11) is 3.55. The van der Waals surface area contributed by atoms with Gasteiger partial charge in [-0.15, -0.1) is 0 Å². The molecule has 0 unspecified atom stereocenters. The highest BCUT2D eigenvalue weighted by Crippen LogP contribution is 2.27. The number of nitrogens with one attached hydrogen (secondary N) is 1. The highest BCUT2D eigenvalue weighted by atomic mass is 16.5. The van der Waals surface area contributed by atoms with E-state index in [1.54, 1.807) is 7.11 Å². The maximum absolute atomic E-state index is 12.2. The number of ether oxygens (including phenoxy) is 1. The van der Waals surface area contributed by atoms with Gasteiger partial charge in [-0.2, -0.15) is 0 Å². The van der Waals surface area contributed by atoms with Gasteiger partial charge in [-0.1, -0.05) is 0 Å². The number of likely N-dealkylation sites (N-methyl/N-ethyl adjacent to an activating group) is 1. The molecule has 0 atom stereocenters. The molecule has 1 aliphatic carbocycles. The van der Waals surface area contributed by atoms with Crippen molar-refractivity contribution in [3.05, 3.63) is 30.0 Å². The lowest BCUT2D eigenvalue weighted by Gasteiger charge is -2.15. The number of nitrogens with zero attached hydrogens (tertiary/aromatic N) is 1. The zero-order valence-electron chi connectivity index (χ0n) is 11.3. The van der Waals surface area contributed by atoms with Crippen molar-refractivity contribution >= 4 is 16.8 Å². The van der Waals surface area contributed by atoms with Gasteiger partial charge in [0.1, 0.15) is 5.75 Å². The molecule has 0 radical (unpaired) electrons. The van der Waals surface area contributed by atoms with Crippen LogP contribution in [-0.4, -0.2) is 36.0 Å². The van der Waals surface area contributed by atoms with Crippen LogP contribution in [0.15, 0.2) is 24.4 Å². The molecule has 0 spiro atoms. The van der Waals surface area contributed by atoms with Gasteiger partial charge in [-0.05, 0) is 36.6 Å². The average Bonchev–Trinajstić information content (AvgIpc) is 3.21. The minimum absolute atomic E-state index is 0. The number of rotatable bonds is 4. The molecule has 1 heterocycles. The van der Waals surface area contributed by atoms with E-state index >= 15 is 0 Å². The van der Waals surface area contributed by atoms with Crippen molar-refractivity contribution in [3.63, 3.8) is 0 Å². The number of amides is 1. The Morgan fingerprint density at radius 3 is 3.00 bits per heavy atom. The number of hydrogen-bond donors (Lipinski definition) is 1. The molecule has 1 N–H and O–H groups in total. The van der Waals surface area contributed by atoms with Gasteiger partial charge in [0.2, 0.25) is 5.91 Å². The summed E-state index contributed by atoms with van der Waals surface area (Å²) in [6, 6.07) is 6.34. The van der Waals surface area contributed by atoms with E-state index in [1.165, 1.54) is 0 Å². The van der Waals surface area contributed by atoms with Gasteiger partial charge in [0, 0.05) is 31.6 Å². The third kappa shape index (κ3) is 2.30. The second kappa shape index (κ2) is 4.61. The Labute approximate surface area is 113 Å². The number of fused-ring (bicyclic) bond motifs is 1. The summed E-state index contributed by atoms with van der Waals surface area (Å²) >= 11 is 0. The molecule has 4 nitrogen and oxygen atoms in total. The Morgan fingerprint density at radius 1 is 1.53 bits per heavy atom. The number of carbonyl (C=O) groups is 1. The zero-order valence-corrected chi connectivity index (χ0v) is 11.3. The van der Waals surface area contributed by atoms with Crippen LogP contribution in [0.2, 0.25) is 0 Å². The molecule has 0 aliphatic heterocycles. The fourth-order valence-corrected chi connectivity index (χ4v) is 2.38. The quantitative estimate of drug-likeness (QED) is 0.918. The predicted molar refractivity (Wildman–Crippen MR) is 76.5 cm³/mol. The molecule has 2 aromatic rings. The molecule has 1 aromatic carbocycles. The molecule has 102 valence electrons. The molecule has 19 heavy (non-hydrogen) atoms. The van der Waals surface area contributed by atoms with Crippen LogP contribution in [0, 0.1) is 0 Å². The maximum Gasteiger partial charge on any atom is 0.227 e. The minimum atomic E-state index is 0. The summed E-state index contributed by atoms with van der Waals surface area (Å²) in [5.41, 5.74) is 2.07. The van der Waals surface area contributed by atoms with Crippen LogP contribution < -0.4 is 4.74 Å². The first-order valence-electron chi connectivity index (χ1n) is 6.58. The van der Waals surface area contributed by atoms with E-state index in [9.17, 15) is 4.79 Å². The first-order valence-corrected chi connectivity index (χ1v) is 6.58. The number of aromatic nitrogens is 1. The zero-order chi connectivity index (χ0) is 13.4. The smallest absolute Gasteiger partial charge is 0.227 e. The second-order valence-corrected chi connectivity index (χ2v) is 5.14. The standard InChI is InChI=1S/C15H18N2O2.H2/c1-17(11-3-4-11)15(18)7-10-9-16-14-6-5-12(19-2)8-13(10)14;/h5-6,8-9,11,16H,3-4,7H2,1-2H3;1H. The van der Waals surface area contributed by atoms with Crippen molar-refractivity contribution < 1.29 is 11.0 Å². The van der Waals surface area contributed by atoms with Crippen molar-refractivity contribution in [2.75, 3.05) is 14.2 Å². The largest absolute Gasteiger partial charge is 0.497 e. The van der Waals surface area contributed by atoms with E-state index in [-0.39, 0.29) is 7.33 Å². The molecule has 1 aromatic heterocycles. The van der Waals surface area contributed by atoms with Crippen molar-refractivity contribution in [2.45, 2.75) is 25.3 Å². The van der Waals surface area contributed by atoms with Crippen LogP contribution in [0.4, 0.5) is 0 Å². The van der Waals surface area contributed by atoms with E-state index in [4.69, 9.17) is 4.74 Å². The lowest BCUT2D eigenvalue weighted by atomic mass is 10.1. The van der Waals surface area contributed by atoms with Gasteiger partial charge >= 0.3 is 0 Å². The summed E-state index contributed by atoms with van der Waals surface area (Å²) in [6.07, 6.45) is 4.65. The third-order valence-electron chi connectivity index (χ3n) is 3.80. The summed E-state index contributed by atoms with van der Waals surface area (Å²) < 4.78 is 5.24. The number of hydrogen-bond acceptors (Lipinski definition) is 2. The number of methoxy groups -OCH3 is 1. The van der Waals surface area contributed by atoms with Crippen molar-refractivity contribution in [1.82, 2.24) is 9.88 Å². The fraction of sp³-hybridized carbons (Fsp3) is 0.400. The molecule has 3 rings (SSSR count). The van der Waals surface area contributed by atoms with E-state index in [0.29, 0.717) is 12.5 Å². The van der Waals surface area contributed by atoms with E-state index < -0.39 is 0 Å². The van der Waals surface area contributed by atoms with Crippen molar-refractivity contribution in [1.29, 1.82) is 0 Å². The topological polar surface area (TPSA) is 45.3 Å². The molecule has 0 bridgehead atoms. The van der Waals surface area contributed by atoms with Gasteiger partial charge in [0.15, 0.2) is 0 Å². The first kappa shape index (κ1) is 12.1. The van der Waals surface area contributed by atoms with Crippen LogP contribution in [0.3, 0.4) is 0 Å². The summed E-state index contributed by atoms with van der Waals surface area (Å²) in [5, 5.41) is 1.07. The number of carbonyl (C=O) groups excluding carboxylic acids is 1. The molecule has 1 fully saturated rings. The Kier molecular flexibility index (Phi) is 2.93. The third-order valence-corrected chi connectivity index (χ3v) is 3.80. The highest BCUT2D eigenvalue weighted by Gasteiger charge is 2.29. The van der Waals surface area contributed by atoms with Crippen molar-refractivity contribution in [3.8, 4) is 5.75 Å². The lowest BCUT2D eigenvalue weighted by Crippen LogP contribution is -2.30. The monoisotopic (exact) mass is 260 g/mol. The van der Waals surface area contributed by atoms with Crippen LogP contribution >= 0.6 is 0 Å². The Bertz CT molecular complexity index is 619. The molecular weight excluding hydrogens is 240 g/mol. The predicted octanol–water partition coefficient (Wildman–Crippen LogP) is 2.59. The van der Waals surface area contributed by atoms with Gasteiger partial charge in [0.05, 0.1) is 13.5 Å². The van der Waals surface area contributed by atoms with Gasteiger partial charge in [-0.3, -0.25) is 4.79 Å².